The quantitative estimate of drug-likeness (QED) is 0.596. The highest BCUT2D eigenvalue weighted by molar-refractivity contribution is 7.19. The molecule has 5 heteroatoms. The second-order valence-electron chi connectivity index (χ2n) is 2.93. The fourth-order valence-corrected chi connectivity index (χ4v) is 2.17. The Morgan fingerprint density at radius 1 is 1.73 bits per heavy atom. The molecule has 0 spiro atoms. The van der Waals surface area contributed by atoms with Crippen molar-refractivity contribution in [3.8, 4) is 5.75 Å². The number of carbonyl (C=O) groups excluding carboxylic acids is 1. The number of methoxy groups -OCH3 is 1. The monoisotopic (exact) mass is 226 g/mol. The number of ketones is 1. The molecule has 1 aromatic rings. The number of hydrogen-bond donors (Lipinski definition) is 2. The van der Waals surface area contributed by atoms with E-state index in [-0.39, 0.29) is 5.78 Å². The van der Waals surface area contributed by atoms with Crippen molar-refractivity contribution < 1.29 is 9.53 Å². The average Bonchev–Trinajstić information content (AvgIpc) is 2.52. The Labute approximate surface area is 92.7 Å². The Bertz CT molecular complexity index is 385. The van der Waals surface area contributed by atoms with Gasteiger partial charge >= 0.3 is 0 Å². The van der Waals surface area contributed by atoms with Gasteiger partial charge in [0.15, 0.2) is 11.5 Å². The summed E-state index contributed by atoms with van der Waals surface area (Å²) in [6, 6.07) is 0. The molecular weight excluding hydrogens is 212 g/mol. The molecule has 0 fully saturated rings. The number of hydrogen-bond acceptors (Lipinski definition) is 5. The normalized spacial score (nSPS) is 9.73. The van der Waals surface area contributed by atoms with Crippen molar-refractivity contribution in [2.75, 3.05) is 24.7 Å². The van der Waals surface area contributed by atoms with Crippen molar-refractivity contribution in [3.63, 3.8) is 0 Å². The van der Waals surface area contributed by atoms with E-state index < -0.39 is 0 Å². The first-order valence-electron chi connectivity index (χ1n) is 4.43. The molecule has 0 amide bonds. The second-order valence-corrected chi connectivity index (χ2v) is 3.95. The predicted octanol–water partition coefficient (Wildman–Crippen LogP) is 2.14. The number of carbonyl (C=O) groups is 1. The lowest BCUT2D eigenvalue weighted by Gasteiger charge is -2.03. The standard InChI is InChI=1S/C10H14N2O2S/c1-4-5-12-10-8(14-3)7(11)9(15-10)6(2)13/h4,12H,1,5,11H2,2-3H3. The van der Waals surface area contributed by atoms with Crippen LogP contribution in [0.1, 0.15) is 16.6 Å². The van der Waals surface area contributed by atoms with Gasteiger partial charge in [0.05, 0.1) is 17.7 Å². The van der Waals surface area contributed by atoms with Crippen molar-refractivity contribution in [2.45, 2.75) is 6.92 Å². The van der Waals surface area contributed by atoms with Crippen LogP contribution in [0.15, 0.2) is 12.7 Å². The minimum absolute atomic E-state index is 0.0533. The summed E-state index contributed by atoms with van der Waals surface area (Å²) >= 11 is 1.30. The van der Waals surface area contributed by atoms with Crippen LogP contribution in [0, 0.1) is 0 Å². The summed E-state index contributed by atoms with van der Waals surface area (Å²) in [6.45, 7) is 5.69. The van der Waals surface area contributed by atoms with Crippen molar-refractivity contribution in [2.24, 2.45) is 0 Å². The number of Topliss-reactive ketones (excluding diaryl/α,β-unsaturated/α-hetero) is 1. The zero-order chi connectivity index (χ0) is 11.4. The van der Waals surface area contributed by atoms with Crippen molar-refractivity contribution in [1.82, 2.24) is 0 Å². The molecular formula is C10H14N2O2S. The second kappa shape index (κ2) is 4.84. The Balaban J connectivity index is 3.09. The molecule has 15 heavy (non-hydrogen) atoms. The van der Waals surface area contributed by atoms with Crippen molar-refractivity contribution in [3.05, 3.63) is 17.5 Å². The molecule has 0 aliphatic heterocycles. The summed E-state index contributed by atoms with van der Waals surface area (Å²) in [4.78, 5) is 11.8. The van der Waals surface area contributed by atoms with Crippen molar-refractivity contribution >= 4 is 27.8 Å². The number of thiophene rings is 1. The molecule has 0 saturated carbocycles. The van der Waals surface area contributed by atoms with E-state index in [1.165, 1.54) is 25.4 Å². The molecule has 4 nitrogen and oxygen atoms in total. The van der Waals surface area contributed by atoms with Crippen LogP contribution in [0.2, 0.25) is 0 Å². The highest BCUT2D eigenvalue weighted by atomic mass is 32.1. The number of anilines is 2. The molecule has 1 aromatic heterocycles. The molecule has 0 atom stereocenters. The summed E-state index contributed by atoms with van der Waals surface area (Å²) in [5, 5.41) is 3.84. The summed E-state index contributed by atoms with van der Waals surface area (Å²) in [5.74, 6) is 0.481. The van der Waals surface area contributed by atoms with E-state index in [2.05, 4.69) is 11.9 Å². The number of rotatable bonds is 5. The van der Waals surface area contributed by atoms with Gasteiger partial charge in [-0.05, 0) is 0 Å². The molecule has 1 heterocycles. The highest BCUT2D eigenvalue weighted by Crippen LogP contribution is 2.42. The van der Waals surface area contributed by atoms with E-state index in [9.17, 15) is 4.79 Å². The summed E-state index contributed by atoms with van der Waals surface area (Å²) in [5.41, 5.74) is 6.19. The van der Waals surface area contributed by atoms with Crippen molar-refractivity contribution in [1.29, 1.82) is 0 Å². The van der Waals surface area contributed by atoms with E-state index in [4.69, 9.17) is 10.5 Å². The largest absolute Gasteiger partial charge is 0.492 e. The van der Waals surface area contributed by atoms with Crippen LogP contribution in [-0.2, 0) is 0 Å². The van der Waals surface area contributed by atoms with Crippen LogP contribution in [-0.4, -0.2) is 19.4 Å². The van der Waals surface area contributed by atoms with E-state index in [1.54, 1.807) is 6.08 Å². The Morgan fingerprint density at radius 2 is 2.40 bits per heavy atom. The lowest BCUT2D eigenvalue weighted by molar-refractivity contribution is 0.102. The maximum absolute atomic E-state index is 11.2. The highest BCUT2D eigenvalue weighted by Gasteiger charge is 2.18. The molecule has 1 rings (SSSR count). The van der Waals surface area contributed by atoms with Crippen LogP contribution in [0.5, 0.6) is 5.75 Å². The van der Waals surface area contributed by atoms with Gasteiger partial charge in [-0.25, -0.2) is 0 Å². The van der Waals surface area contributed by atoms with Gasteiger partial charge in [-0.15, -0.1) is 17.9 Å². The van der Waals surface area contributed by atoms with E-state index in [0.29, 0.717) is 22.9 Å². The third-order valence-electron chi connectivity index (χ3n) is 1.83. The van der Waals surface area contributed by atoms with Crippen LogP contribution >= 0.6 is 11.3 Å². The first kappa shape index (κ1) is 11.6. The summed E-state index contributed by atoms with van der Waals surface area (Å²) in [6.07, 6.45) is 1.72. The van der Waals surface area contributed by atoms with Gasteiger partial charge in [0.25, 0.3) is 0 Å². The summed E-state index contributed by atoms with van der Waals surface area (Å²) in [7, 11) is 1.53. The van der Waals surface area contributed by atoms with Gasteiger partial charge < -0.3 is 15.8 Å². The van der Waals surface area contributed by atoms with Gasteiger partial charge in [-0.1, -0.05) is 6.08 Å². The number of nitrogen functional groups attached to an aromatic ring is 1. The first-order valence-corrected chi connectivity index (χ1v) is 5.25. The van der Waals surface area contributed by atoms with Gasteiger partial charge in [0.2, 0.25) is 0 Å². The van der Waals surface area contributed by atoms with E-state index >= 15 is 0 Å². The Morgan fingerprint density at radius 3 is 2.87 bits per heavy atom. The topological polar surface area (TPSA) is 64.4 Å². The molecule has 0 bridgehead atoms. The van der Waals surface area contributed by atoms with E-state index in [0.717, 1.165) is 5.00 Å². The Hall–Kier alpha value is -1.49. The fourth-order valence-electron chi connectivity index (χ4n) is 1.17. The van der Waals surface area contributed by atoms with Crippen LogP contribution < -0.4 is 15.8 Å². The molecule has 0 radical (unpaired) electrons. The molecule has 0 unspecified atom stereocenters. The number of nitrogens with two attached hydrogens (primary N) is 1. The van der Waals surface area contributed by atoms with Gasteiger partial charge in [-0.3, -0.25) is 4.79 Å². The lowest BCUT2D eigenvalue weighted by Crippen LogP contribution is -1.98. The summed E-state index contributed by atoms with van der Waals surface area (Å²) < 4.78 is 5.14. The molecule has 82 valence electrons. The predicted molar refractivity (Wildman–Crippen MR) is 64.0 cm³/mol. The third kappa shape index (κ3) is 2.30. The van der Waals surface area contributed by atoms with E-state index in [1.807, 2.05) is 0 Å². The van der Waals surface area contributed by atoms with Gasteiger partial charge in [0.1, 0.15) is 5.00 Å². The SMILES string of the molecule is C=CCNc1sc(C(C)=O)c(N)c1OC. The first-order chi connectivity index (χ1) is 7.11. The smallest absolute Gasteiger partial charge is 0.176 e. The molecule has 0 saturated heterocycles. The Kier molecular flexibility index (Phi) is 3.74. The third-order valence-corrected chi connectivity index (χ3v) is 3.08. The van der Waals surface area contributed by atoms with Gasteiger partial charge in [-0.2, -0.15) is 0 Å². The minimum atomic E-state index is -0.0533. The zero-order valence-electron chi connectivity index (χ0n) is 8.79. The molecule has 0 aromatic carbocycles. The fraction of sp³-hybridized carbons (Fsp3) is 0.300. The van der Waals surface area contributed by atoms with Gasteiger partial charge in [0, 0.05) is 13.5 Å². The lowest BCUT2D eigenvalue weighted by atomic mass is 10.3. The molecule has 0 aliphatic rings. The van der Waals surface area contributed by atoms with Crippen LogP contribution in [0.25, 0.3) is 0 Å². The maximum Gasteiger partial charge on any atom is 0.176 e. The van der Waals surface area contributed by atoms with Crippen LogP contribution in [0.4, 0.5) is 10.7 Å². The molecule has 0 aliphatic carbocycles. The maximum atomic E-state index is 11.2. The van der Waals surface area contributed by atoms with Crippen LogP contribution in [0.3, 0.4) is 0 Å². The number of nitrogens with one attached hydrogen (secondary N) is 1. The average molecular weight is 226 g/mol. The number of ether oxygens (including phenoxy) is 1. The zero-order valence-corrected chi connectivity index (χ0v) is 9.61. The minimum Gasteiger partial charge on any atom is -0.492 e. The molecule has 3 N–H and O–H groups in total.